The zero-order chi connectivity index (χ0) is 21.4. The van der Waals surface area contributed by atoms with Crippen molar-refractivity contribution >= 4 is 29.3 Å². The van der Waals surface area contributed by atoms with Crippen LogP contribution in [-0.4, -0.2) is 46.6 Å². The van der Waals surface area contributed by atoms with E-state index in [-0.39, 0.29) is 24.4 Å². The SMILES string of the molecule is Cc1ccc(OCC2CC2)c(-c2ncnc3c(C(=O)NC4CCNCC4)c(C)[nH]c23)c1.Cl. The van der Waals surface area contributed by atoms with E-state index in [1.54, 1.807) is 6.33 Å². The minimum absolute atomic E-state index is 0. The number of aromatic nitrogens is 3. The van der Waals surface area contributed by atoms with Crippen molar-refractivity contribution in [3.8, 4) is 17.0 Å². The van der Waals surface area contributed by atoms with Crippen molar-refractivity contribution in [3.63, 3.8) is 0 Å². The monoisotopic (exact) mass is 455 g/mol. The van der Waals surface area contributed by atoms with E-state index in [4.69, 9.17) is 4.74 Å². The molecule has 7 nitrogen and oxygen atoms in total. The summed E-state index contributed by atoms with van der Waals surface area (Å²) in [7, 11) is 0. The molecule has 32 heavy (non-hydrogen) atoms. The highest BCUT2D eigenvalue weighted by Gasteiger charge is 2.25. The van der Waals surface area contributed by atoms with E-state index >= 15 is 0 Å². The first-order valence-corrected chi connectivity index (χ1v) is 11.2. The van der Waals surface area contributed by atoms with Crippen molar-refractivity contribution in [1.29, 1.82) is 0 Å². The highest BCUT2D eigenvalue weighted by Crippen LogP contribution is 2.36. The molecule has 0 bridgehead atoms. The number of ether oxygens (including phenoxy) is 1. The molecule has 1 aliphatic heterocycles. The van der Waals surface area contributed by atoms with Crippen molar-refractivity contribution < 1.29 is 9.53 Å². The van der Waals surface area contributed by atoms with Gasteiger partial charge in [0, 0.05) is 17.3 Å². The Morgan fingerprint density at radius 2 is 1.94 bits per heavy atom. The molecule has 2 aliphatic rings. The Labute approximate surface area is 194 Å². The van der Waals surface area contributed by atoms with E-state index < -0.39 is 0 Å². The summed E-state index contributed by atoms with van der Waals surface area (Å²) in [5.41, 5.74) is 5.67. The van der Waals surface area contributed by atoms with Gasteiger partial charge < -0.3 is 20.4 Å². The first kappa shape index (κ1) is 22.6. The molecule has 3 heterocycles. The van der Waals surface area contributed by atoms with Crippen molar-refractivity contribution in [2.24, 2.45) is 5.92 Å². The minimum Gasteiger partial charge on any atom is -0.493 e. The number of nitrogens with zero attached hydrogens (tertiary/aromatic N) is 2. The summed E-state index contributed by atoms with van der Waals surface area (Å²) in [4.78, 5) is 25.6. The summed E-state index contributed by atoms with van der Waals surface area (Å²) in [6, 6.07) is 6.36. The third-order valence-electron chi connectivity index (χ3n) is 6.23. The van der Waals surface area contributed by atoms with E-state index in [0.717, 1.165) is 66.3 Å². The highest BCUT2D eigenvalue weighted by molar-refractivity contribution is 6.09. The highest BCUT2D eigenvalue weighted by atomic mass is 35.5. The number of aryl methyl sites for hydroxylation is 2. The fourth-order valence-electron chi connectivity index (χ4n) is 4.27. The number of H-pyrrole nitrogens is 1. The van der Waals surface area contributed by atoms with Crippen LogP contribution >= 0.6 is 12.4 Å². The number of benzene rings is 1. The molecule has 170 valence electrons. The van der Waals surface area contributed by atoms with Crippen molar-refractivity contribution in [2.45, 2.75) is 45.6 Å². The van der Waals surface area contributed by atoms with Gasteiger partial charge in [0.05, 0.1) is 17.7 Å². The summed E-state index contributed by atoms with van der Waals surface area (Å²) in [6.45, 7) is 6.58. The van der Waals surface area contributed by atoms with Gasteiger partial charge in [0.1, 0.15) is 23.3 Å². The van der Waals surface area contributed by atoms with E-state index in [1.165, 1.54) is 12.8 Å². The second kappa shape index (κ2) is 9.46. The fraction of sp³-hybridized carbons (Fsp3) is 0.458. The van der Waals surface area contributed by atoms with Gasteiger partial charge in [-0.15, -0.1) is 12.4 Å². The molecule has 0 unspecified atom stereocenters. The van der Waals surface area contributed by atoms with Gasteiger partial charge in [-0.3, -0.25) is 4.79 Å². The smallest absolute Gasteiger partial charge is 0.255 e. The molecular weight excluding hydrogens is 426 g/mol. The lowest BCUT2D eigenvalue weighted by atomic mass is 10.0. The largest absolute Gasteiger partial charge is 0.493 e. The lowest BCUT2D eigenvalue weighted by molar-refractivity contribution is 0.0930. The van der Waals surface area contributed by atoms with E-state index in [0.29, 0.717) is 17.0 Å². The number of hydrogen-bond donors (Lipinski definition) is 3. The Morgan fingerprint density at radius 1 is 1.16 bits per heavy atom. The van der Waals surface area contributed by atoms with E-state index in [2.05, 4.69) is 44.6 Å². The van der Waals surface area contributed by atoms with E-state index in [9.17, 15) is 4.79 Å². The Morgan fingerprint density at radius 3 is 2.69 bits per heavy atom. The van der Waals surface area contributed by atoms with Gasteiger partial charge >= 0.3 is 0 Å². The number of hydrogen-bond acceptors (Lipinski definition) is 5. The van der Waals surface area contributed by atoms with Crippen LogP contribution in [0.4, 0.5) is 0 Å². The number of fused-ring (bicyclic) bond motifs is 1. The first-order chi connectivity index (χ1) is 15.1. The summed E-state index contributed by atoms with van der Waals surface area (Å²) in [6.07, 6.45) is 5.91. The molecule has 1 aromatic carbocycles. The maximum absolute atomic E-state index is 13.1. The molecule has 8 heteroatoms. The molecule has 3 aromatic rings. The molecule has 2 aromatic heterocycles. The number of carbonyl (C=O) groups is 1. The predicted molar refractivity (Wildman–Crippen MR) is 128 cm³/mol. The molecule has 1 amide bonds. The van der Waals surface area contributed by atoms with E-state index in [1.807, 2.05) is 13.0 Å². The fourth-order valence-corrected chi connectivity index (χ4v) is 4.27. The first-order valence-electron chi connectivity index (χ1n) is 11.2. The normalized spacial score (nSPS) is 16.6. The van der Waals surface area contributed by atoms with Gasteiger partial charge in [-0.05, 0) is 70.7 Å². The Hall–Kier alpha value is -2.64. The Bertz CT molecular complexity index is 1120. The van der Waals surface area contributed by atoms with Gasteiger partial charge in [0.2, 0.25) is 0 Å². The third kappa shape index (κ3) is 4.59. The van der Waals surface area contributed by atoms with Crippen LogP contribution in [0.1, 0.15) is 47.3 Å². The Kier molecular flexibility index (Phi) is 6.67. The van der Waals surface area contributed by atoms with Crippen LogP contribution in [0.2, 0.25) is 0 Å². The molecular formula is C24H30ClN5O2. The molecule has 1 aliphatic carbocycles. The number of halogens is 1. The van der Waals surface area contributed by atoms with Crippen LogP contribution in [0.5, 0.6) is 5.75 Å². The van der Waals surface area contributed by atoms with Gasteiger partial charge in [0.25, 0.3) is 5.91 Å². The molecule has 0 atom stereocenters. The summed E-state index contributed by atoms with van der Waals surface area (Å²) in [5.74, 6) is 1.41. The summed E-state index contributed by atoms with van der Waals surface area (Å²) >= 11 is 0. The van der Waals surface area contributed by atoms with Crippen LogP contribution in [0.25, 0.3) is 22.3 Å². The third-order valence-corrected chi connectivity index (χ3v) is 6.23. The number of piperidine rings is 1. The number of rotatable bonds is 6. The summed E-state index contributed by atoms with van der Waals surface area (Å²) in [5, 5.41) is 6.52. The molecule has 0 spiro atoms. The number of aromatic amines is 1. The number of carbonyl (C=O) groups excluding carboxylic acids is 1. The second-order valence-electron chi connectivity index (χ2n) is 8.82. The van der Waals surface area contributed by atoms with Gasteiger partial charge in [-0.1, -0.05) is 11.6 Å². The quantitative estimate of drug-likeness (QED) is 0.523. The minimum atomic E-state index is -0.0743. The zero-order valence-electron chi connectivity index (χ0n) is 18.5. The van der Waals surface area contributed by atoms with Gasteiger partial charge in [-0.25, -0.2) is 9.97 Å². The van der Waals surface area contributed by atoms with Crippen LogP contribution < -0.4 is 15.4 Å². The molecule has 2 fully saturated rings. The topological polar surface area (TPSA) is 91.9 Å². The predicted octanol–water partition coefficient (Wildman–Crippen LogP) is 3.93. The molecule has 5 rings (SSSR count). The number of amides is 1. The van der Waals surface area contributed by atoms with Crippen LogP contribution in [0.3, 0.4) is 0 Å². The van der Waals surface area contributed by atoms with Gasteiger partial charge in [0.15, 0.2) is 0 Å². The lowest BCUT2D eigenvalue weighted by Crippen LogP contribution is -2.42. The molecule has 1 saturated carbocycles. The second-order valence-corrected chi connectivity index (χ2v) is 8.82. The van der Waals surface area contributed by atoms with Crippen molar-refractivity contribution in [2.75, 3.05) is 19.7 Å². The van der Waals surface area contributed by atoms with Crippen LogP contribution in [-0.2, 0) is 0 Å². The summed E-state index contributed by atoms with van der Waals surface area (Å²) < 4.78 is 6.14. The van der Waals surface area contributed by atoms with Crippen molar-refractivity contribution in [1.82, 2.24) is 25.6 Å². The Balaban J connectivity index is 0.00000245. The zero-order valence-corrected chi connectivity index (χ0v) is 19.3. The standard InChI is InChI=1S/C24H29N5O2.ClH/c1-14-3-6-19(31-12-16-4-5-16)18(11-14)21-23-22(27-13-26-21)20(15(2)28-23)24(30)29-17-7-9-25-10-8-17;/h3,6,11,13,16-17,25,28H,4-5,7-10,12H2,1-2H3,(H,29,30);1H. The van der Waals surface area contributed by atoms with Crippen molar-refractivity contribution in [3.05, 3.63) is 41.3 Å². The lowest BCUT2D eigenvalue weighted by Gasteiger charge is -2.23. The maximum atomic E-state index is 13.1. The van der Waals surface area contributed by atoms with Gasteiger partial charge in [-0.2, -0.15) is 0 Å². The van der Waals surface area contributed by atoms with Crippen LogP contribution in [0, 0.1) is 19.8 Å². The van der Waals surface area contributed by atoms with Crippen LogP contribution in [0.15, 0.2) is 24.5 Å². The number of nitrogens with one attached hydrogen (secondary N) is 3. The molecule has 3 N–H and O–H groups in total. The molecule has 0 radical (unpaired) electrons. The molecule has 1 saturated heterocycles. The maximum Gasteiger partial charge on any atom is 0.255 e. The average Bonchev–Trinajstić information content (AvgIpc) is 3.53. The average molecular weight is 456 g/mol.